The van der Waals surface area contributed by atoms with Crippen molar-refractivity contribution in [1.29, 1.82) is 0 Å². The summed E-state index contributed by atoms with van der Waals surface area (Å²) in [6.45, 7) is 2.36. The van der Waals surface area contributed by atoms with Crippen LogP contribution in [0, 0.1) is 6.92 Å². The third-order valence-electron chi connectivity index (χ3n) is 5.34. The van der Waals surface area contributed by atoms with E-state index < -0.39 is 0 Å². The van der Waals surface area contributed by atoms with E-state index in [4.69, 9.17) is 0 Å². The number of hydrogen-bond acceptors (Lipinski definition) is 3. The van der Waals surface area contributed by atoms with Crippen molar-refractivity contribution in [3.63, 3.8) is 0 Å². The monoisotopic (exact) mass is 411 g/mol. The number of nitrogens with zero attached hydrogens (tertiary/aromatic N) is 1. The van der Waals surface area contributed by atoms with Crippen LogP contribution in [0.1, 0.15) is 28.0 Å². The van der Waals surface area contributed by atoms with E-state index in [0.717, 1.165) is 18.5 Å². The third kappa shape index (κ3) is 4.51. The van der Waals surface area contributed by atoms with Gasteiger partial charge >= 0.3 is 0 Å². The first-order chi connectivity index (χ1) is 15.1. The molecule has 4 aromatic rings. The summed E-state index contributed by atoms with van der Waals surface area (Å²) in [4.78, 5) is 26.3. The molecule has 4 rings (SSSR count). The topological polar surface area (TPSA) is 63.1 Å². The lowest BCUT2D eigenvalue weighted by Gasteiger charge is -2.18. The van der Waals surface area contributed by atoms with Crippen LogP contribution in [0.3, 0.4) is 0 Å². The van der Waals surface area contributed by atoms with Gasteiger partial charge in [0.15, 0.2) is 0 Å². The number of rotatable bonds is 7. The van der Waals surface area contributed by atoms with Crippen LogP contribution in [0.4, 0.5) is 5.69 Å². The lowest BCUT2D eigenvalue weighted by Crippen LogP contribution is -2.33. The average Bonchev–Trinajstić information content (AvgIpc) is 2.81. The second kappa shape index (κ2) is 9.30. The van der Waals surface area contributed by atoms with Gasteiger partial charge in [0.25, 0.3) is 11.5 Å². The lowest BCUT2D eigenvalue weighted by molar-refractivity contribution is 0.0953. The molecular weight excluding hydrogens is 386 g/mol. The van der Waals surface area contributed by atoms with Gasteiger partial charge in [-0.25, -0.2) is 4.68 Å². The summed E-state index contributed by atoms with van der Waals surface area (Å²) in [7, 11) is 0. The number of amides is 1. The van der Waals surface area contributed by atoms with Gasteiger partial charge in [-0.1, -0.05) is 66.7 Å². The van der Waals surface area contributed by atoms with Gasteiger partial charge in [0.2, 0.25) is 0 Å². The Bertz CT molecular complexity index is 1250. The molecule has 0 unspecified atom stereocenters. The summed E-state index contributed by atoms with van der Waals surface area (Å²) in [5, 5.41) is 4.20. The molecule has 0 aliphatic heterocycles. The first kappa shape index (κ1) is 20.4. The van der Waals surface area contributed by atoms with Crippen LogP contribution in [0.2, 0.25) is 0 Å². The Morgan fingerprint density at radius 3 is 2.16 bits per heavy atom. The van der Waals surface area contributed by atoms with Crippen LogP contribution < -0.4 is 16.3 Å². The summed E-state index contributed by atoms with van der Waals surface area (Å²) >= 11 is 0. The van der Waals surface area contributed by atoms with Crippen LogP contribution >= 0.6 is 0 Å². The normalized spacial score (nSPS) is 10.7. The van der Waals surface area contributed by atoms with Crippen molar-refractivity contribution in [2.24, 2.45) is 0 Å². The quantitative estimate of drug-likeness (QED) is 0.439. The molecule has 0 spiro atoms. The van der Waals surface area contributed by atoms with E-state index in [0.29, 0.717) is 28.6 Å². The van der Waals surface area contributed by atoms with Crippen molar-refractivity contribution in [2.45, 2.75) is 19.8 Å². The first-order valence-electron chi connectivity index (χ1n) is 10.4. The number of aryl methyl sites for hydroxylation is 1. The molecule has 2 N–H and O–H groups in total. The number of carbonyl (C=O) groups excluding carboxylic acids is 1. The number of nitrogens with one attached hydrogen (secondary N) is 2. The van der Waals surface area contributed by atoms with E-state index in [1.807, 2.05) is 66.7 Å². The Morgan fingerprint density at radius 1 is 0.839 bits per heavy atom. The number of hydrogen-bond donors (Lipinski definition) is 2. The minimum atomic E-state index is -0.183. The standard InChI is InChI=1S/C26H25N3O2/c1-19-24(25(30)27-18-10-13-20-11-4-2-5-12-20)22-16-8-9-17-23(22)26(31)29(19)28-21-14-6-3-7-15-21/h2-9,11-12,14-17,28H,10,13,18H2,1H3,(H,27,30). The molecule has 5 nitrogen and oxygen atoms in total. The van der Waals surface area contributed by atoms with Gasteiger partial charge in [-0.15, -0.1) is 0 Å². The minimum absolute atomic E-state index is 0.176. The van der Waals surface area contributed by atoms with Gasteiger partial charge in [-0.2, -0.15) is 0 Å². The molecule has 0 saturated heterocycles. The molecule has 31 heavy (non-hydrogen) atoms. The Labute approximate surface area is 181 Å². The predicted octanol–water partition coefficient (Wildman–Crippen LogP) is 4.55. The SMILES string of the molecule is Cc1c(C(=O)NCCCc2ccccc2)c2ccccc2c(=O)n1Nc1ccccc1. The van der Waals surface area contributed by atoms with Crippen molar-refractivity contribution in [1.82, 2.24) is 9.99 Å². The van der Waals surface area contributed by atoms with Crippen molar-refractivity contribution in [3.8, 4) is 0 Å². The first-order valence-corrected chi connectivity index (χ1v) is 10.4. The smallest absolute Gasteiger partial charge is 0.277 e. The van der Waals surface area contributed by atoms with E-state index >= 15 is 0 Å². The fourth-order valence-corrected chi connectivity index (χ4v) is 3.76. The van der Waals surface area contributed by atoms with Gasteiger partial charge in [0.05, 0.1) is 16.9 Å². The molecule has 0 aliphatic carbocycles. The van der Waals surface area contributed by atoms with Crippen molar-refractivity contribution in [2.75, 3.05) is 12.0 Å². The van der Waals surface area contributed by atoms with Crippen LogP contribution in [0.5, 0.6) is 0 Å². The van der Waals surface area contributed by atoms with Crippen molar-refractivity contribution >= 4 is 22.4 Å². The summed E-state index contributed by atoms with van der Waals surface area (Å²) in [5.41, 5.74) is 6.07. The van der Waals surface area contributed by atoms with E-state index in [1.165, 1.54) is 10.2 Å². The molecule has 0 bridgehead atoms. The highest BCUT2D eigenvalue weighted by Gasteiger charge is 2.19. The highest BCUT2D eigenvalue weighted by molar-refractivity contribution is 6.07. The van der Waals surface area contributed by atoms with E-state index in [-0.39, 0.29) is 11.5 Å². The molecule has 0 aliphatic rings. The molecule has 1 amide bonds. The van der Waals surface area contributed by atoms with E-state index in [9.17, 15) is 9.59 Å². The molecule has 0 atom stereocenters. The molecule has 3 aromatic carbocycles. The largest absolute Gasteiger partial charge is 0.352 e. The van der Waals surface area contributed by atoms with Crippen LogP contribution in [-0.2, 0) is 6.42 Å². The summed E-state index contributed by atoms with van der Waals surface area (Å²) in [6, 6.07) is 26.9. The van der Waals surface area contributed by atoms with Gasteiger partial charge in [0, 0.05) is 17.3 Å². The fourth-order valence-electron chi connectivity index (χ4n) is 3.76. The van der Waals surface area contributed by atoms with Crippen LogP contribution in [0.15, 0.2) is 89.7 Å². The second-order valence-electron chi connectivity index (χ2n) is 7.47. The van der Waals surface area contributed by atoms with Gasteiger partial charge in [-0.3, -0.25) is 15.0 Å². The zero-order valence-electron chi connectivity index (χ0n) is 17.5. The van der Waals surface area contributed by atoms with Gasteiger partial charge in [-0.05, 0) is 43.5 Å². The molecule has 0 radical (unpaired) electrons. The molecule has 156 valence electrons. The number of para-hydroxylation sites is 1. The summed E-state index contributed by atoms with van der Waals surface area (Å²) in [6.07, 6.45) is 1.74. The van der Waals surface area contributed by atoms with E-state index in [2.05, 4.69) is 22.9 Å². The maximum atomic E-state index is 13.2. The molecular formula is C26H25N3O2. The molecule has 1 aromatic heterocycles. The van der Waals surface area contributed by atoms with Gasteiger partial charge in [0.1, 0.15) is 0 Å². The van der Waals surface area contributed by atoms with E-state index in [1.54, 1.807) is 13.0 Å². The summed E-state index contributed by atoms with van der Waals surface area (Å²) in [5.74, 6) is -0.176. The Balaban J connectivity index is 1.61. The number of pyridine rings is 1. The zero-order valence-corrected chi connectivity index (χ0v) is 17.5. The number of anilines is 1. The second-order valence-corrected chi connectivity index (χ2v) is 7.47. The van der Waals surface area contributed by atoms with Crippen molar-refractivity contribution < 1.29 is 4.79 Å². The third-order valence-corrected chi connectivity index (χ3v) is 5.34. The number of benzene rings is 3. The molecule has 0 saturated carbocycles. The number of fused-ring (bicyclic) bond motifs is 1. The van der Waals surface area contributed by atoms with Gasteiger partial charge < -0.3 is 5.32 Å². The molecule has 5 heteroatoms. The molecule has 0 fully saturated rings. The maximum absolute atomic E-state index is 13.2. The Hall–Kier alpha value is -3.86. The average molecular weight is 412 g/mol. The van der Waals surface area contributed by atoms with Crippen LogP contribution in [-0.4, -0.2) is 17.1 Å². The summed E-state index contributed by atoms with van der Waals surface area (Å²) < 4.78 is 1.45. The molecule has 1 heterocycles. The predicted molar refractivity (Wildman–Crippen MR) is 126 cm³/mol. The van der Waals surface area contributed by atoms with Crippen LogP contribution in [0.25, 0.3) is 10.8 Å². The minimum Gasteiger partial charge on any atom is -0.352 e. The number of aromatic nitrogens is 1. The zero-order chi connectivity index (χ0) is 21.6. The Morgan fingerprint density at radius 2 is 1.45 bits per heavy atom. The number of carbonyl (C=O) groups is 1. The maximum Gasteiger partial charge on any atom is 0.277 e. The highest BCUT2D eigenvalue weighted by Crippen LogP contribution is 2.20. The fraction of sp³-hybridized carbons (Fsp3) is 0.154. The lowest BCUT2D eigenvalue weighted by atomic mass is 10.0. The van der Waals surface area contributed by atoms with Crippen molar-refractivity contribution in [3.05, 3.63) is 112 Å². The highest BCUT2D eigenvalue weighted by atomic mass is 16.2. The Kier molecular flexibility index (Phi) is 6.13.